The van der Waals surface area contributed by atoms with Gasteiger partial charge in [0.05, 0.1) is 0 Å². The van der Waals surface area contributed by atoms with E-state index in [1.165, 1.54) is 12.1 Å². The highest BCUT2D eigenvalue weighted by Crippen LogP contribution is 2.17. The van der Waals surface area contributed by atoms with Crippen molar-refractivity contribution in [1.29, 1.82) is 0 Å². The van der Waals surface area contributed by atoms with E-state index >= 15 is 0 Å². The number of nitrogens with one attached hydrogen (secondary N) is 1. The third-order valence-corrected chi connectivity index (χ3v) is 5.56. The van der Waals surface area contributed by atoms with Gasteiger partial charge in [-0.25, -0.2) is 4.39 Å². The maximum atomic E-state index is 13.4. The van der Waals surface area contributed by atoms with Crippen LogP contribution in [0.2, 0.25) is 0 Å². The molecule has 0 bridgehead atoms. The normalized spacial score (nSPS) is 11.6. The van der Waals surface area contributed by atoms with Crippen LogP contribution < -0.4 is 5.32 Å². The molecule has 0 aromatic heterocycles. The molecule has 0 saturated heterocycles. The van der Waals surface area contributed by atoms with Crippen LogP contribution in [0.5, 0.6) is 0 Å². The second-order valence-corrected chi connectivity index (χ2v) is 8.13. The van der Waals surface area contributed by atoms with Crippen molar-refractivity contribution < 1.29 is 14.0 Å². The van der Waals surface area contributed by atoms with Gasteiger partial charge in [0.1, 0.15) is 11.9 Å². The van der Waals surface area contributed by atoms with Gasteiger partial charge in [-0.1, -0.05) is 79.7 Å². The smallest absolute Gasteiger partial charge is 0.243 e. The van der Waals surface area contributed by atoms with E-state index in [2.05, 4.69) is 5.32 Å². The summed E-state index contributed by atoms with van der Waals surface area (Å²) >= 11 is 0. The zero-order valence-electron chi connectivity index (χ0n) is 19.0. The molecule has 0 fully saturated rings. The Balaban J connectivity index is 1.81. The number of amides is 2. The SMILES string of the molecule is CCCC(=O)N(Cc1ccc(F)cc1)[C@H](Cc1ccccc1)C(=O)NCCc1ccccc1. The summed E-state index contributed by atoms with van der Waals surface area (Å²) in [7, 11) is 0. The third-order valence-electron chi connectivity index (χ3n) is 5.56. The highest BCUT2D eigenvalue weighted by atomic mass is 19.1. The Morgan fingerprint density at radius 1 is 0.848 bits per heavy atom. The number of rotatable bonds is 11. The second kappa shape index (κ2) is 12.5. The van der Waals surface area contributed by atoms with Crippen molar-refractivity contribution >= 4 is 11.8 Å². The van der Waals surface area contributed by atoms with Gasteiger partial charge in [0.15, 0.2) is 0 Å². The summed E-state index contributed by atoms with van der Waals surface area (Å²) in [6.45, 7) is 2.68. The molecule has 0 radical (unpaired) electrons. The molecule has 0 spiro atoms. The molecule has 3 rings (SSSR count). The second-order valence-electron chi connectivity index (χ2n) is 8.13. The Kier molecular flexibility index (Phi) is 9.19. The Hall–Kier alpha value is -3.47. The van der Waals surface area contributed by atoms with Crippen molar-refractivity contribution in [3.63, 3.8) is 0 Å². The Morgan fingerprint density at radius 2 is 1.45 bits per heavy atom. The van der Waals surface area contributed by atoms with Crippen LogP contribution in [0.15, 0.2) is 84.9 Å². The highest BCUT2D eigenvalue weighted by Gasteiger charge is 2.29. The average molecular weight is 447 g/mol. The average Bonchev–Trinajstić information content (AvgIpc) is 2.84. The third kappa shape index (κ3) is 7.56. The van der Waals surface area contributed by atoms with E-state index < -0.39 is 6.04 Å². The molecule has 0 saturated carbocycles. The minimum Gasteiger partial charge on any atom is -0.354 e. The van der Waals surface area contributed by atoms with Crippen molar-refractivity contribution in [2.45, 2.75) is 45.2 Å². The Bertz CT molecular complexity index is 1010. The zero-order valence-corrected chi connectivity index (χ0v) is 19.0. The number of hydrogen-bond donors (Lipinski definition) is 1. The zero-order chi connectivity index (χ0) is 23.5. The first-order valence-electron chi connectivity index (χ1n) is 11.5. The van der Waals surface area contributed by atoms with E-state index in [4.69, 9.17) is 0 Å². The fourth-order valence-corrected chi connectivity index (χ4v) is 3.79. The summed E-state index contributed by atoms with van der Waals surface area (Å²) in [6, 6.07) is 25.1. The van der Waals surface area contributed by atoms with Gasteiger partial charge >= 0.3 is 0 Å². The van der Waals surface area contributed by atoms with Crippen molar-refractivity contribution in [1.82, 2.24) is 10.2 Å². The van der Waals surface area contributed by atoms with Crippen molar-refractivity contribution in [2.75, 3.05) is 6.54 Å². The molecule has 0 aliphatic heterocycles. The van der Waals surface area contributed by atoms with Crippen LogP contribution in [-0.2, 0) is 29.0 Å². The summed E-state index contributed by atoms with van der Waals surface area (Å²) in [5.41, 5.74) is 2.91. The number of carbonyl (C=O) groups excluding carboxylic acids is 2. The standard InChI is InChI=1S/C28H31FN2O2/c1-2-9-27(32)31(21-24-14-16-25(29)17-15-24)26(20-23-12-7-4-8-13-23)28(33)30-19-18-22-10-5-3-6-11-22/h3-8,10-17,26H,2,9,18-21H2,1H3,(H,30,33)/t26-/m1/s1. The molecule has 0 unspecified atom stereocenters. The van der Waals surface area contributed by atoms with E-state index in [1.807, 2.05) is 67.6 Å². The maximum absolute atomic E-state index is 13.4. The fraction of sp³-hybridized carbons (Fsp3) is 0.286. The van der Waals surface area contributed by atoms with Crippen LogP contribution in [0.25, 0.3) is 0 Å². The first kappa shape index (κ1) is 24.2. The summed E-state index contributed by atoms with van der Waals surface area (Å²) in [4.78, 5) is 28.1. The monoisotopic (exact) mass is 446 g/mol. The van der Waals surface area contributed by atoms with Crippen LogP contribution >= 0.6 is 0 Å². The lowest BCUT2D eigenvalue weighted by Gasteiger charge is -2.31. The summed E-state index contributed by atoms with van der Waals surface area (Å²) in [5, 5.41) is 3.03. The van der Waals surface area contributed by atoms with Crippen LogP contribution in [0.3, 0.4) is 0 Å². The van der Waals surface area contributed by atoms with E-state index in [0.29, 0.717) is 32.2 Å². The van der Waals surface area contributed by atoms with Gasteiger partial charge < -0.3 is 10.2 Å². The molecule has 3 aromatic carbocycles. The first-order chi connectivity index (χ1) is 16.1. The fourth-order valence-electron chi connectivity index (χ4n) is 3.79. The Labute approximate surface area is 195 Å². The maximum Gasteiger partial charge on any atom is 0.243 e. The van der Waals surface area contributed by atoms with Gasteiger partial charge in [0.2, 0.25) is 11.8 Å². The van der Waals surface area contributed by atoms with Gasteiger partial charge in [-0.15, -0.1) is 0 Å². The van der Waals surface area contributed by atoms with Gasteiger partial charge in [-0.3, -0.25) is 9.59 Å². The lowest BCUT2D eigenvalue weighted by atomic mass is 10.0. The Morgan fingerprint density at radius 3 is 2.06 bits per heavy atom. The molecule has 4 nitrogen and oxygen atoms in total. The molecular formula is C28H31FN2O2. The number of benzene rings is 3. The van der Waals surface area contributed by atoms with E-state index in [9.17, 15) is 14.0 Å². The lowest BCUT2D eigenvalue weighted by Crippen LogP contribution is -2.50. The van der Waals surface area contributed by atoms with Gasteiger partial charge in [-0.2, -0.15) is 0 Å². The van der Waals surface area contributed by atoms with Crippen LogP contribution in [0, 0.1) is 5.82 Å². The van der Waals surface area contributed by atoms with E-state index in [-0.39, 0.29) is 24.2 Å². The van der Waals surface area contributed by atoms with Crippen LogP contribution in [0.1, 0.15) is 36.5 Å². The number of carbonyl (C=O) groups is 2. The van der Waals surface area contributed by atoms with E-state index in [0.717, 1.165) is 16.7 Å². The molecule has 0 aliphatic rings. The number of hydrogen-bond acceptors (Lipinski definition) is 2. The van der Waals surface area contributed by atoms with Gasteiger partial charge in [-0.05, 0) is 41.7 Å². The predicted molar refractivity (Wildman–Crippen MR) is 129 cm³/mol. The number of halogens is 1. The molecule has 5 heteroatoms. The van der Waals surface area contributed by atoms with E-state index in [1.54, 1.807) is 17.0 Å². The summed E-state index contributed by atoms with van der Waals surface area (Å²) < 4.78 is 13.4. The van der Waals surface area contributed by atoms with Crippen molar-refractivity contribution in [2.24, 2.45) is 0 Å². The predicted octanol–water partition coefficient (Wildman–Crippen LogP) is 4.92. The molecule has 0 heterocycles. The highest BCUT2D eigenvalue weighted by molar-refractivity contribution is 5.88. The van der Waals surface area contributed by atoms with Crippen molar-refractivity contribution in [3.05, 3.63) is 107 Å². The van der Waals surface area contributed by atoms with Gasteiger partial charge in [0.25, 0.3) is 0 Å². The quantitative estimate of drug-likeness (QED) is 0.454. The number of nitrogens with zero attached hydrogens (tertiary/aromatic N) is 1. The molecule has 1 atom stereocenters. The molecule has 0 aliphatic carbocycles. The molecule has 172 valence electrons. The molecular weight excluding hydrogens is 415 g/mol. The van der Waals surface area contributed by atoms with Crippen LogP contribution in [0.4, 0.5) is 4.39 Å². The topological polar surface area (TPSA) is 49.4 Å². The molecule has 33 heavy (non-hydrogen) atoms. The minimum atomic E-state index is -0.660. The first-order valence-corrected chi connectivity index (χ1v) is 11.5. The van der Waals surface area contributed by atoms with Crippen LogP contribution in [-0.4, -0.2) is 29.3 Å². The van der Waals surface area contributed by atoms with Crippen molar-refractivity contribution in [3.8, 4) is 0 Å². The minimum absolute atomic E-state index is 0.0824. The summed E-state index contributed by atoms with van der Waals surface area (Å²) in [5.74, 6) is -0.591. The molecule has 1 N–H and O–H groups in total. The summed E-state index contributed by atoms with van der Waals surface area (Å²) in [6.07, 6.45) is 2.16. The largest absolute Gasteiger partial charge is 0.354 e. The lowest BCUT2D eigenvalue weighted by molar-refractivity contribution is -0.141. The van der Waals surface area contributed by atoms with Gasteiger partial charge in [0, 0.05) is 25.9 Å². The molecule has 2 amide bonds. The molecule has 3 aromatic rings.